The van der Waals surface area contributed by atoms with Crippen LogP contribution in [0.2, 0.25) is 0 Å². The van der Waals surface area contributed by atoms with E-state index in [0.29, 0.717) is 0 Å². The van der Waals surface area contributed by atoms with Crippen LogP contribution in [0.25, 0.3) is 0 Å². The van der Waals surface area contributed by atoms with Gasteiger partial charge in [-0.25, -0.2) is 4.79 Å². The maximum atomic E-state index is 12.3. The largest absolute Gasteiger partial charge is 0.456 e. The lowest BCUT2D eigenvalue weighted by atomic mass is 9.77. The highest BCUT2D eigenvalue weighted by atomic mass is 16.5. The van der Waals surface area contributed by atoms with E-state index >= 15 is 0 Å². The Morgan fingerprint density at radius 1 is 1.45 bits per heavy atom. The van der Waals surface area contributed by atoms with Crippen LogP contribution >= 0.6 is 0 Å². The first-order valence-corrected chi connectivity index (χ1v) is 7.65. The summed E-state index contributed by atoms with van der Waals surface area (Å²) >= 11 is 0. The highest BCUT2D eigenvalue weighted by Crippen LogP contribution is 2.43. The summed E-state index contributed by atoms with van der Waals surface area (Å²) in [5.41, 5.74) is 1.81. The van der Waals surface area contributed by atoms with Crippen LogP contribution in [-0.2, 0) is 14.3 Å². The molecule has 3 heteroatoms. The third-order valence-electron chi connectivity index (χ3n) is 3.97. The number of ether oxygens (including phenoxy) is 1. The molecule has 118 valence electrons. The Labute approximate surface area is 133 Å². The molecule has 1 unspecified atom stereocenters. The molecule has 0 saturated heterocycles. The molecule has 0 aromatic carbocycles. The first-order chi connectivity index (χ1) is 10.4. The average molecular weight is 300 g/mol. The molecular formula is C19H24O3. The van der Waals surface area contributed by atoms with Gasteiger partial charge >= 0.3 is 5.97 Å². The zero-order valence-electron chi connectivity index (χ0n) is 13.7. The number of ketones is 1. The summed E-state index contributed by atoms with van der Waals surface area (Å²) in [5, 5.41) is 0. The van der Waals surface area contributed by atoms with Gasteiger partial charge in [0.25, 0.3) is 0 Å². The van der Waals surface area contributed by atoms with Crippen molar-refractivity contribution >= 4 is 11.8 Å². The molecule has 0 fully saturated rings. The minimum Gasteiger partial charge on any atom is -0.456 e. The quantitative estimate of drug-likeness (QED) is 0.247. The van der Waals surface area contributed by atoms with Crippen molar-refractivity contribution < 1.29 is 14.3 Å². The predicted molar refractivity (Wildman–Crippen MR) is 88.0 cm³/mol. The molecule has 22 heavy (non-hydrogen) atoms. The number of allylic oxidation sites excluding steroid dienone is 5. The van der Waals surface area contributed by atoms with Crippen molar-refractivity contribution in [2.24, 2.45) is 5.41 Å². The van der Waals surface area contributed by atoms with Crippen molar-refractivity contribution in [1.29, 1.82) is 0 Å². The fraction of sp³-hybridized carbons (Fsp3) is 0.474. The number of Topliss-reactive ketones (excluding diaryl/α,β-unsaturated/α-hetero) is 1. The molecule has 0 spiro atoms. The summed E-state index contributed by atoms with van der Waals surface area (Å²) in [4.78, 5) is 23.5. The number of hydrogen-bond donors (Lipinski definition) is 0. The van der Waals surface area contributed by atoms with Gasteiger partial charge in [0.1, 0.15) is 0 Å². The number of carbonyl (C=O) groups excluding carboxylic acids is 2. The topological polar surface area (TPSA) is 43.4 Å². The third kappa shape index (κ3) is 5.04. The monoisotopic (exact) mass is 300 g/mol. The minimum atomic E-state index is -0.652. The first kappa shape index (κ1) is 18.0. The van der Waals surface area contributed by atoms with E-state index in [-0.39, 0.29) is 17.8 Å². The van der Waals surface area contributed by atoms with E-state index in [0.717, 1.165) is 31.3 Å². The van der Waals surface area contributed by atoms with Crippen LogP contribution in [0.1, 0.15) is 46.5 Å². The molecule has 0 radical (unpaired) electrons. The summed E-state index contributed by atoms with van der Waals surface area (Å²) in [6, 6.07) is 0. The molecule has 0 bridgehead atoms. The van der Waals surface area contributed by atoms with Gasteiger partial charge in [-0.15, -0.1) is 0 Å². The van der Waals surface area contributed by atoms with Gasteiger partial charge in [-0.3, -0.25) is 4.79 Å². The van der Waals surface area contributed by atoms with E-state index in [9.17, 15) is 9.59 Å². The van der Waals surface area contributed by atoms with Gasteiger partial charge in [0, 0.05) is 11.5 Å². The van der Waals surface area contributed by atoms with Gasteiger partial charge in [-0.05, 0) is 50.9 Å². The van der Waals surface area contributed by atoms with Crippen LogP contribution in [0.4, 0.5) is 0 Å². The number of esters is 1. The Kier molecular flexibility index (Phi) is 6.85. The zero-order chi connectivity index (χ0) is 16.6. The van der Waals surface area contributed by atoms with Crippen molar-refractivity contribution in [3.05, 3.63) is 36.0 Å². The van der Waals surface area contributed by atoms with Gasteiger partial charge in [0.2, 0.25) is 5.78 Å². The molecule has 0 N–H and O–H groups in total. The van der Waals surface area contributed by atoms with Crippen molar-refractivity contribution in [1.82, 2.24) is 0 Å². The molecule has 0 saturated carbocycles. The number of hydrogen-bond acceptors (Lipinski definition) is 3. The lowest BCUT2D eigenvalue weighted by Gasteiger charge is -2.26. The van der Waals surface area contributed by atoms with Gasteiger partial charge in [0.15, 0.2) is 0 Å². The van der Waals surface area contributed by atoms with Crippen molar-refractivity contribution in [2.75, 3.05) is 6.61 Å². The van der Waals surface area contributed by atoms with E-state index in [1.54, 1.807) is 13.0 Å². The minimum absolute atomic E-state index is 0.170. The van der Waals surface area contributed by atoms with Gasteiger partial charge in [-0.1, -0.05) is 37.3 Å². The molecule has 0 aromatic heterocycles. The molecule has 0 aliphatic heterocycles. The molecule has 1 aliphatic carbocycles. The predicted octanol–water partition coefficient (Wildman–Crippen LogP) is 3.76. The standard InChI is InChI=1S/C19H24O3/c1-5-8-15(3)12-14-19(4)13-7-9-16(19)17(20)10-11-18(21)22-6-2/h5,8-9H,1,6-7,12-14H2,2-4H3/b15-8-. The van der Waals surface area contributed by atoms with Crippen LogP contribution in [-0.4, -0.2) is 18.4 Å². The lowest BCUT2D eigenvalue weighted by molar-refractivity contribution is -0.136. The second kappa shape index (κ2) is 8.38. The normalized spacial score (nSPS) is 20.7. The molecule has 1 rings (SSSR count). The van der Waals surface area contributed by atoms with Crippen LogP contribution in [0.5, 0.6) is 0 Å². The Hall–Kier alpha value is -2.08. The molecule has 3 nitrogen and oxygen atoms in total. The van der Waals surface area contributed by atoms with E-state index < -0.39 is 5.97 Å². The Bertz CT molecular complexity index is 569. The van der Waals surface area contributed by atoms with Crippen LogP contribution in [0, 0.1) is 17.3 Å². The molecule has 1 aliphatic rings. The smallest absolute Gasteiger partial charge is 0.384 e. The summed E-state index contributed by atoms with van der Waals surface area (Å²) in [6.45, 7) is 9.81. The van der Waals surface area contributed by atoms with E-state index in [1.165, 1.54) is 5.57 Å². The molecule has 0 aromatic rings. The van der Waals surface area contributed by atoms with Crippen molar-refractivity contribution in [3.8, 4) is 11.8 Å². The van der Waals surface area contributed by atoms with E-state index in [2.05, 4.69) is 32.3 Å². The second-order valence-electron chi connectivity index (χ2n) is 5.77. The number of rotatable bonds is 6. The van der Waals surface area contributed by atoms with Gasteiger partial charge in [-0.2, -0.15) is 0 Å². The summed E-state index contributed by atoms with van der Waals surface area (Å²) in [6.07, 6.45) is 9.34. The molecular weight excluding hydrogens is 276 g/mol. The van der Waals surface area contributed by atoms with E-state index in [4.69, 9.17) is 4.74 Å². The summed E-state index contributed by atoms with van der Waals surface area (Å²) in [5.74, 6) is 3.75. The maximum Gasteiger partial charge on any atom is 0.384 e. The molecule has 0 heterocycles. The van der Waals surface area contributed by atoms with Crippen LogP contribution < -0.4 is 0 Å². The average Bonchev–Trinajstić information content (AvgIpc) is 2.86. The first-order valence-electron chi connectivity index (χ1n) is 7.65. The zero-order valence-corrected chi connectivity index (χ0v) is 13.7. The van der Waals surface area contributed by atoms with Crippen LogP contribution in [0.15, 0.2) is 36.0 Å². The van der Waals surface area contributed by atoms with Gasteiger partial charge < -0.3 is 4.74 Å². The van der Waals surface area contributed by atoms with E-state index in [1.807, 2.05) is 12.2 Å². The van der Waals surface area contributed by atoms with Crippen molar-refractivity contribution in [2.45, 2.75) is 46.5 Å². The molecule has 0 amide bonds. The fourth-order valence-electron chi connectivity index (χ4n) is 2.64. The summed E-state index contributed by atoms with van der Waals surface area (Å²) in [7, 11) is 0. The second-order valence-corrected chi connectivity index (χ2v) is 5.77. The Morgan fingerprint density at radius 2 is 2.18 bits per heavy atom. The SMILES string of the molecule is C=C/C=C(/C)CCC1(C)CCC=C1C(=O)C#CC(=O)OCC. The van der Waals surface area contributed by atoms with Crippen LogP contribution in [0.3, 0.4) is 0 Å². The number of carbonyl (C=O) groups is 2. The van der Waals surface area contributed by atoms with Crippen molar-refractivity contribution in [3.63, 3.8) is 0 Å². The maximum absolute atomic E-state index is 12.3. The third-order valence-corrected chi connectivity index (χ3v) is 3.97. The van der Waals surface area contributed by atoms with Gasteiger partial charge in [0.05, 0.1) is 6.61 Å². The fourth-order valence-corrected chi connectivity index (χ4v) is 2.64. The highest BCUT2D eigenvalue weighted by molar-refractivity contribution is 6.12. The lowest BCUT2D eigenvalue weighted by Crippen LogP contribution is -2.21. The Morgan fingerprint density at radius 3 is 2.82 bits per heavy atom. The summed E-state index contributed by atoms with van der Waals surface area (Å²) < 4.78 is 4.71. The Balaban J connectivity index is 2.76. The molecule has 1 atom stereocenters. The highest BCUT2D eigenvalue weighted by Gasteiger charge is 2.35.